The molecule has 2 N–H and O–H groups in total. The van der Waals surface area contributed by atoms with E-state index in [9.17, 15) is 9.59 Å². The van der Waals surface area contributed by atoms with Crippen LogP contribution in [0.2, 0.25) is 10.0 Å². The van der Waals surface area contributed by atoms with Crippen molar-refractivity contribution in [1.29, 1.82) is 0 Å². The topological polar surface area (TPSA) is 70.7 Å². The Morgan fingerprint density at radius 3 is 2.04 bits per heavy atom. The maximum absolute atomic E-state index is 12.3. The molecular formula is C19H19Cl2N3O3. The molecule has 0 atom stereocenters. The Morgan fingerprint density at radius 1 is 0.926 bits per heavy atom. The van der Waals surface area contributed by atoms with Crippen molar-refractivity contribution in [2.24, 2.45) is 0 Å². The van der Waals surface area contributed by atoms with Gasteiger partial charge < -0.3 is 15.0 Å². The van der Waals surface area contributed by atoms with Crippen LogP contribution in [0.4, 0.5) is 21.0 Å². The third-order valence-corrected chi connectivity index (χ3v) is 4.62. The number of carbonyl (C=O) groups is 2. The molecule has 6 nitrogen and oxygen atoms in total. The highest BCUT2D eigenvalue weighted by atomic mass is 35.5. The fourth-order valence-corrected chi connectivity index (χ4v) is 3.19. The lowest BCUT2D eigenvalue weighted by molar-refractivity contribution is 0.0693. The first-order valence-corrected chi connectivity index (χ1v) is 9.30. The molecule has 1 aliphatic heterocycles. The molecule has 0 spiro atoms. The van der Waals surface area contributed by atoms with Crippen LogP contribution in [0, 0.1) is 0 Å². The number of amides is 3. The molecule has 0 unspecified atom stereocenters. The lowest BCUT2D eigenvalue weighted by Gasteiger charge is -2.31. The van der Waals surface area contributed by atoms with Crippen LogP contribution in [0.25, 0.3) is 0 Å². The van der Waals surface area contributed by atoms with Crippen molar-refractivity contribution in [3.05, 3.63) is 58.6 Å². The summed E-state index contributed by atoms with van der Waals surface area (Å²) in [6, 6.07) is 13.6. The zero-order chi connectivity index (χ0) is 19.2. The van der Waals surface area contributed by atoms with Crippen molar-refractivity contribution in [2.75, 3.05) is 23.7 Å². The number of likely N-dealkylation sites (tertiary alicyclic amines) is 1. The standard InChI is InChI=1S/C19H19Cl2N3O3/c20-13-3-1-5-15(11-13)22-18(25)24-9-7-17(8-10-24)27-19(26)23-16-6-2-4-14(21)12-16/h1-6,11-12,17H,7-10H2,(H,22,25)(H,23,26). The molecule has 0 bridgehead atoms. The summed E-state index contributed by atoms with van der Waals surface area (Å²) in [5, 5.41) is 6.56. The van der Waals surface area contributed by atoms with Gasteiger partial charge in [0.15, 0.2) is 0 Å². The van der Waals surface area contributed by atoms with Gasteiger partial charge in [0.1, 0.15) is 6.10 Å². The number of piperidine rings is 1. The van der Waals surface area contributed by atoms with E-state index in [4.69, 9.17) is 27.9 Å². The highest BCUT2D eigenvalue weighted by molar-refractivity contribution is 6.31. The van der Waals surface area contributed by atoms with E-state index in [0.29, 0.717) is 47.4 Å². The second kappa shape index (κ2) is 8.97. The zero-order valence-corrected chi connectivity index (χ0v) is 16.0. The van der Waals surface area contributed by atoms with Crippen LogP contribution < -0.4 is 10.6 Å². The van der Waals surface area contributed by atoms with Crippen LogP contribution in [0.3, 0.4) is 0 Å². The Morgan fingerprint density at radius 2 is 1.48 bits per heavy atom. The highest BCUT2D eigenvalue weighted by Gasteiger charge is 2.25. The number of hydrogen-bond acceptors (Lipinski definition) is 3. The quantitative estimate of drug-likeness (QED) is 0.730. The number of benzene rings is 2. The number of anilines is 2. The van der Waals surface area contributed by atoms with E-state index >= 15 is 0 Å². The van der Waals surface area contributed by atoms with Crippen molar-refractivity contribution in [3.63, 3.8) is 0 Å². The molecule has 1 aliphatic rings. The van der Waals surface area contributed by atoms with E-state index in [1.165, 1.54) is 0 Å². The van der Waals surface area contributed by atoms with Crippen molar-refractivity contribution < 1.29 is 14.3 Å². The first-order chi connectivity index (χ1) is 13.0. The number of rotatable bonds is 3. The second-order valence-electron chi connectivity index (χ2n) is 6.17. The van der Waals surface area contributed by atoms with Gasteiger partial charge in [0.25, 0.3) is 0 Å². The largest absolute Gasteiger partial charge is 0.446 e. The van der Waals surface area contributed by atoms with Crippen LogP contribution in [0.15, 0.2) is 48.5 Å². The zero-order valence-electron chi connectivity index (χ0n) is 14.5. The molecule has 142 valence electrons. The molecule has 2 aromatic rings. The van der Waals surface area contributed by atoms with Gasteiger partial charge >= 0.3 is 12.1 Å². The minimum atomic E-state index is -0.529. The number of nitrogens with one attached hydrogen (secondary N) is 2. The number of hydrogen-bond donors (Lipinski definition) is 2. The van der Waals surface area contributed by atoms with Gasteiger partial charge in [0.2, 0.25) is 0 Å². The van der Waals surface area contributed by atoms with Gasteiger partial charge in [-0.2, -0.15) is 0 Å². The molecular weight excluding hydrogens is 389 g/mol. The summed E-state index contributed by atoms with van der Waals surface area (Å²) in [7, 11) is 0. The molecule has 1 fully saturated rings. The van der Waals surface area contributed by atoms with Crippen molar-refractivity contribution >= 4 is 46.7 Å². The fraction of sp³-hybridized carbons (Fsp3) is 0.263. The van der Waals surface area contributed by atoms with Gasteiger partial charge in [-0.15, -0.1) is 0 Å². The van der Waals surface area contributed by atoms with E-state index in [1.54, 1.807) is 53.4 Å². The van der Waals surface area contributed by atoms with Crippen LogP contribution in [0.5, 0.6) is 0 Å². The summed E-state index contributed by atoms with van der Waals surface area (Å²) in [6.07, 6.45) is 0.385. The minimum absolute atomic E-state index is 0.195. The van der Waals surface area contributed by atoms with E-state index in [-0.39, 0.29) is 12.1 Å². The van der Waals surface area contributed by atoms with Crippen LogP contribution in [0.1, 0.15) is 12.8 Å². The molecule has 2 aromatic carbocycles. The number of carbonyl (C=O) groups excluding carboxylic acids is 2. The van der Waals surface area contributed by atoms with Gasteiger partial charge in [-0.3, -0.25) is 5.32 Å². The van der Waals surface area contributed by atoms with Gasteiger partial charge in [-0.1, -0.05) is 35.3 Å². The summed E-state index contributed by atoms with van der Waals surface area (Å²) in [5.74, 6) is 0. The predicted molar refractivity (Wildman–Crippen MR) is 107 cm³/mol. The molecule has 27 heavy (non-hydrogen) atoms. The Balaban J connectivity index is 1.44. The first kappa shape index (κ1) is 19.3. The summed E-state index contributed by atoms with van der Waals surface area (Å²) < 4.78 is 5.43. The van der Waals surface area contributed by atoms with Crippen molar-refractivity contribution in [1.82, 2.24) is 4.90 Å². The Hall–Kier alpha value is -2.44. The van der Waals surface area contributed by atoms with Crippen molar-refractivity contribution in [3.8, 4) is 0 Å². The average Bonchev–Trinajstić information content (AvgIpc) is 2.62. The second-order valence-corrected chi connectivity index (χ2v) is 7.04. The summed E-state index contributed by atoms with van der Waals surface area (Å²) in [5.41, 5.74) is 1.22. The molecule has 0 radical (unpaired) electrons. The van der Waals surface area contributed by atoms with E-state index < -0.39 is 6.09 Å². The molecule has 1 saturated heterocycles. The van der Waals surface area contributed by atoms with Gasteiger partial charge in [-0.05, 0) is 36.4 Å². The fourth-order valence-electron chi connectivity index (χ4n) is 2.81. The SMILES string of the molecule is O=C(Nc1cccc(Cl)c1)OC1CCN(C(=O)Nc2cccc(Cl)c2)CC1. The number of ether oxygens (including phenoxy) is 1. The Bertz CT molecular complexity index is 823. The van der Waals surface area contributed by atoms with Crippen molar-refractivity contribution in [2.45, 2.75) is 18.9 Å². The molecule has 0 aromatic heterocycles. The average molecular weight is 408 g/mol. The maximum atomic E-state index is 12.3. The lowest BCUT2D eigenvalue weighted by Crippen LogP contribution is -2.43. The monoisotopic (exact) mass is 407 g/mol. The van der Waals surface area contributed by atoms with E-state index in [2.05, 4.69) is 10.6 Å². The van der Waals surface area contributed by atoms with Gasteiger partial charge in [0, 0.05) is 47.4 Å². The summed E-state index contributed by atoms with van der Waals surface area (Å²) >= 11 is 11.8. The third-order valence-electron chi connectivity index (χ3n) is 4.15. The Labute approximate surface area is 167 Å². The van der Waals surface area contributed by atoms with Crippen LogP contribution in [-0.4, -0.2) is 36.2 Å². The molecule has 3 rings (SSSR count). The first-order valence-electron chi connectivity index (χ1n) is 8.54. The third kappa shape index (κ3) is 5.77. The molecule has 1 heterocycles. The lowest BCUT2D eigenvalue weighted by atomic mass is 10.1. The molecule has 8 heteroatoms. The Kier molecular flexibility index (Phi) is 6.42. The smallest absolute Gasteiger partial charge is 0.411 e. The maximum Gasteiger partial charge on any atom is 0.411 e. The number of nitrogens with zero attached hydrogens (tertiary/aromatic N) is 1. The van der Waals surface area contributed by atoms with E-state index in [0.717, 1.165) is 0 Å². The minimum Gasteiger partial charge on any atom is -0.446 e. The molecule has 0 aliphatic carbocycles. The normalized spacial score (nSPS) is 14.5. The van der Waals surface area contributed by atoms with Gasteiger partial charge in [0.05, 0.1) is 0 Å². The summed E-state index contributed by atoms with van der Waals surface area (Å²) in [6.45, 7) is 1.00. The number of halogens is 2. The van der Waals surface area contributed by atoms with E-state index in [1.807, 2.05) is 0 Å². The number of urea groups is 1. The van der Waals surface area contributed by atoms with Crippen LogP contribution >= 0.6 is 23.2 Å². The molecule has 0 saturated carbocycles. The highest BCUT2D eigenvalue weighted by Crippen LogP contribution is 2.19. The molecule has 3 amide bonds. The van der Waals surface area contributed by atoms with Crippen LogP contribution in [-0.2, 0) is 4.74 Å². The predicted octanol–water partition coefficient (Wildman–Crippen LogP) is 5.24. The summed E-state index contributed by atoms with van der Waals surface area (Å²) in [4.78, 5) is 26.0. The van der Waals surface area contributed by atoms with Gasteiger partial charge in [-0.25, -0.2) is 9.59 Å².